The molecule has 0 fully saturated rings. The van der Waals surface area contributed by atoms with E-state index >= 15 is 0 Å². The van der Waals surface area contributed by atoms with Gasteiger partial charge in [-0.1, -0.05) is 36.4 Å². The largest absolute Gasteiger partial charge is 0.383 e. The van der Waals surface area contributed by atoms with Crippen LogP contribution in [0.15, 0.2) is 54.7 Å². The number of nitrogens with one attached hydrogen (secondary N) is 1. The molecule has 1 aromatic carbocycles. The summed E-state index contributed by atoms with van der Waals surface area (Å²) in [6, 6.07) is 16.3. The zero-order valence-corrected chi connectivity index (χ0v) is 17.0. The number of ether oxygens (including phenoxy) is 1. The van der Waals surface area contributed by atoms with Gasteiger partial charge in [0.15, 0.2) is 5.82 Å². The number of aryl methyl sites for hydroxylation is 1. The van der Waals surface area contributed by atoms with Crippen molar-refractivity contribution >= 4 is 27.4 Å². The number of benzene rings is 1. The molecule has 0 saturated carbocycles. The highest BCUT2D eigenvalue weighted by Gasteiger charge is 2.20. The summed E-state index contributed by atoms with van der Waals surface area (Å²) in [4.78, 5) is 16.3. The minimum absolute atomic E-state index is 0.114. The van der Waals surface area contributed by atoms with Gasteiger partial charge in [-0.25, -0.2) is 9.97 Å². The van der Waals surface area contributed by atoms with E-state index in [-0.39, 0.29) is 6.04 Å². The Kier molecular flexibility index (Phi) is 5.32. The lowest BCUT2D eigenvalue weighted by Gasteiger charge is -2.16. The fourth-order valence-electron chi connectivity index (χ4n) is 3.30. The highest BCUT2D eigenvalue weighted by molar-refractivity contribution is 7.19. The molecule has 0 spiro atoms. The second-order valence-electron chi connectivity index (χ2n) is 6.69. The summed E-state index contributed by atoms with van der Waals surface area (Å²) in [5.74, 6) is 1.44. The summed E-state index contributed by atoms with van der Waals surface area (Å²) in [6.45, 7) is 4.81. The second kappa shape index (κ2) is 8.04. The fraction of sp³-hybridized carbons (Fsp3) is 0.227. The number of methoxy groups -OCH3 is 1. The summed E-state index contributed by atoms with van der Waals surface area (Å²) < 4.78 is 5.31. The van der Waals surface area contributed by atoms with E-state index in [1.54, 1.807) is 24.6 Å². The zero-order valence-electron chi connectivity index (χ0n) is 16.1. The van der Waals surface area contributed by atoms with Gasteiger partial charge in [-0.3, -0.25) is 4.98 Å². The number of anilines is 1. The van der Waals surface area contributed by atoms with Crippen molar-refractivity contribution in [2.45, 2.75) is 19.9 Å². The van der Waals surface area contributed by atoms with Crippen molar-refractivity contribution in [1.29, 1.82) is 0 Å². The maximum absolute atomic E-state index is 5.31. The number of pyridine rings is 1. The topological polar surface area (TPSA) is 59.9 Å². The Hall–Kier alpha value is -2.83. The molecule has 6 heteroatoms. The Morgan fingerprint density at radius 1 is 1.07 bits per heavy atom. The molecule has 142 valence electrons. The Morgan fingerprint density at radius 3 is 2.57 bits per heavy atom. The van der Waals surface area contributed by atoms with Crippen LogP contribution in [0.2, 0.25) is 0 Å². The first-order valence-corrected chi connectivity index (χ1v) is 10.0. The van der Waals surface area contributed by atoms with Crippen molar-refractivity contribution in [3.63, 3.8) is 0 Å². The summed E-state index contributed by atoms with van der Waals surface area (Å²) in [5, 5.41) is 4.57. The molecule has 0 aliphatic carbocycles. The summed E-state index contributed by atoms with van der Waals surface area (Å²) >= 11 is 1.69. The minimum Gasteiger partial charge on any atom is -0.383 e. The number of aromatic nitrogens is 3. The van der Waals surface area contributed by atoms with Gasteiger partial charge in [0.25, 0.3) is 0 Å². The molecule has 0 aliphatic heterocycles. The van der Waals surface area contributed by atoms with E-state index in [4.69, 9.17) is 14.7 Å². The monoisotopic (exact) mass is 390 g/mol. The molecule has 0 saturated heterocycles. The molecule has 4 aromatic rings. The Bertz CT molecular complexity index is 1080. The first kappa shape index (κ1) is 18.5. The summed E-state index contributed by atoms with van der Waals surface area (Å²) in [7, 11) is 1.71. The quantitative estimate of drug-likeness (QED) is 0.492. The molecule has 0 bridgehead atoms. The molecular formula is C22H22N4OS. The van der Waals surface area contributed by atoms with Crippen LogP contribution >= 0.6 is 11.3 Å². The number of fused-ring (bicyclic) bond motifs is 1. The number of hydrogen-bond donors (Lipinski definition) is 1. The third-order valence-electron chi connectivity index (χ3n) is 4.48. The maximum Gasteiger partial charge on any atom is 0.181 e. The van der Waals surface area contributed by atoms with Crippen LogP contribution in [0.25, 0.3) is 32.9 Å². The molecule has 1 atom stereocenters. The number of thiophene rings is 1. The smallest absolute Gasteiger partial charge is 0.181 e. The fourth-order valence-corrected chi connectivity index (χ4v) is 4.35. The van der Waals surface area contributed by atoms with Crippen molar-refractivity contribution in [2.75, 3.05) is 19.0 Å². The van der Waals surface area contributed by atoms with Crippen LogP contribution in [0.1, 0.15) is 11.8 Å². The zero-order chi connectivity index (χ0) is 19.5. The first-order valence-electron chi connectivity index (χ1n) is 9.21. The summed E-state index contributed by atoms with van der Waals surface area (Å²) in [6.07, 6.45) is 1.76. The van der Waals surface area contributed by atoms with Crippen LogP contribution in [0, 0.1) is 6.92 Å². The van der Waals surface area contributed by atoms with E-state index in [1.165, 1.54) is 16.0 Å². The second-order valence-corrected chi connectivity index (χ2v) is 7.89. The van der Waals surface area contributed by atoms with Crippen molar-refractivity contribution in [1.82, 2.24) is 15.0 Å². The molecular weight excluding hydrogens is 368 g/mol. The predicted molar refractivity (Wildman–Crippen MR) is 116 cm³/mol. The van der Waals surface area contributed by atoms with Gasteiger partial charge in [-0.2, -0.15) is 0 Å². The van der Waals surface area contributed by atoms with Crippen molar-refractivity contribution in [3.8, 4) is 22.6 Å². The van der Waals surface area contributed by atoms with E-state index in [0.29, 0.717) is 12.4 Å². The molecule has 0 unspecified atom stereocenters. The summed E-state index contributed by atoms with van der Waals surface area (Å²) in [5.41, 5.74) is 3.11. The highest BCUT2D eigenvalue weighted by Crippen LogP contribution is 2.41. The lowest BCUT2D eigenvalue weighted by molar-refractivity contribution is 0.190. The first-order chi connectivity index (χ1) is 13.7. The normalized spacial score (nSPS) is 12.2. The van der Waals surface area contributed by atoms with Gasteiger partial charge in [0.1, 0.15) is 16.3 Å². The van der Waals surface area contributed by atoms with Gasteiger partial charge >= 0.3 is 0 Å². The van der Waals surface area contributed by atoms with E-state index in [1.807, 2.05) is 24.3 Å². The Balaban J connectivity index is 1.94. The average molecular weight is 391 g/mol. The van der Waals surface area contributed by atoms with Gasteiger partial charge in [0.05, 0.1) is 12.0 Å². The van der Waals surface area contributed by atoms with Gasteiger partial charge in [-0.15, -0.1) is 11.3 Å². The number of hydrogen-bond acceptors (Lipinski definition) is 6. The van der Waals surface area contributed by atoms with Crippen LogP contribution < -0.4 is 5.32 Å². The molecule has 5 nitrogen and oxygen atoms in total. The van der Waals surface area contributed by atoms with E-state index in [0.717, 1.165) is 21.7 Å². The van der Waals surface area contributed by atoms with Gasteiger partial charge in [0, 0.05) is 29.8 Å². The molecule has 0 aliphatic rings. The molecule has 1 N–H and O–H groups in total. The van der Waals surface area contributed by atoms with Crippen LogP contribution in [0.3, 0.4) is 0 Å². The van der Waals surface area contributed by atoms with Crippen LogP contribution in [0.5, 0.6) is 0 Å². The third kappa shape index (κ3) is 3.61. The van der Waals surface area contributed by atoms with Crippen molar-refractivity contribution < 1.29 is 4.74 Å². The molecule has 3 heterocycles. The van der Waals surface area contributed by atoms with Crippen molar-refractivity contribution in [2.24, 2.45) is 0 Å². The highest BCUT2D eigenvalue weighted by atomic mass is 32.1. The average Bonchev–Trinajstić information content (AvgIpc) is 3.05. The number of nitrogens with zero attached hydrogens (tertiary/aromatic N) is 3. The predicted octanol–water partition coefficient (Wildman–Crippen LogP) is 5.18. The molecule has 4 rings (SSSR count). The van der Waals surface area contributed by atoms with Gasteiger partial charge < -0.3 is 10.1 Å². The van der Waals surface area contributed by atoms with Crippen LogP contribution in [-0.4, -0.2) is 34.7 Å². The van der Waals surface area contributed by atoms with Crippen LogP contribution in [0.4, 0.5) is 5.82 Å². The van der Waals surface area contributed by atoms with E-state index in [2.05, 4.69) is 48.4 Å². The minimum atomic E-state index is 0.114. The molecule has 3 aromatic heterocycles. The lowest BCUT2D eigenvalue weighted by Crippen LogP contribution is -2.22. The van der Waals surface area contributed by atoms with E-state index in [9.17, 15) is 0 Å². The lowest BCUT2D eigenvalue weighted by atomic mass is 10.0. The van der Waals surface area contributed by atoms with E-state index < -0.39 is 0 Å². The SMILES string of the molecule is COC[C@H](C)Nc1nc(-c2ccccn2)nc2sc(C)c(-c3ccccc3)c12. The standard InChI is InChI=1S/C22H22N4OS/c1-14(13-27-3)24-21-19-18(16-9-5-4-6-10-16)15(2)28-22(19)26-20(25-21)17-11-7-8-12-23-17/h4-12,14H,13H2,1-3H3,(H,24,25,26)/t14-/m0/s1. The molecule has 0 amide bonds. The van der Waals surface area contributed by atoms with Gasteiger partial charge in [0.2, 0.25) is 0 Å². The third-order valence-corrected chi connectivity index (χ3v) is 5.48. The Morgan fingerprint density at radius 2 is 1.86 bits per heavy atom. The molecule has 28 heavy (non-hydrogen) atoms. The van der Waals surface area contributed by atoms with Crippen molar-refractivity contribution in [3.05, 3.63) is 59.6 Å². The molecule has 0 radical (unpaired) electrons. The van der Waals surface area contributed by atoms with Gasteiger partial charge in [-0.05, 0) is 31.5 Å². The maximum atomic E-state index is 5.31. The number of rotatable bonds is 6. The van der Waals surface area contributed by atoms with Crippen LogP contribution in [-0.2, 0) is 4.74 Å². The Labute approximate surface area is 168 Å².